The highest BCUT2D eigenvalue weighted by molar-refractivity contribution is 5.71. The third-order valence-electron chi connectivity index (χ3n) is 11.0. The number of esters is 3. The second kappa shape index (κ2) is 57.6. The van der Waals surface area contributed by atoms with Gasteiger partial charge in [-0.3, -0.25) is 14.4 Å². The van der Waals surface area contributed by atoms with Crippen molar-refractivity contribution >= 4 is 17.9 Å². The fourth-order valence-electron chi connectivity index (χ4n) is 6.80. The molecule has 0 aromatic carbocycles. The lowest BCUT2D eigenvalue weighted by atomic mass is 10.1. The van der Waals surface area contributed by atoms with E-state index in [1.54, 1.807) is 0 Å². The van der Waals surface area contributed by atoms with Crippen molar-refractivity contribution in [2.45, 2.75) is 219 Å². The van der Waals surface area contributed by atoms with Crippen LogP contribution in [0, 0.1) is 0 Å². The minimum absolute atomic E-state index is 0.142. The summed E-state index contributed by atoms with van der Waals surface area (Å²) in [4.78, 5) is 38.1. The van der Waals surface area contributed by atoms with E-state index in [-0.39, 0.29) is 38.0 Å². The van der Waals surface area contributed by atoms with Crippen LogP contribution < -0.4 is 0 Å². The number of carbonyl (C=O) groups excluding carboxylic acids is 3. The molecule has 0 unspecified atom stereocenters. The Bertz CT molecular complexity index is 1640. The van der Waals surface area contributed by atoms with Crippen molar-refractivity contribution < 1.29 is 28.6 Å². The van der Waals surface area contributed by atoms with Crippen molar-refractivity contribution in [3.05, 3.63) is 158 Å². The number of rotatable bonds is 48. The van der Waals surface area contributed by atoms with Crippen LogP contribution in [-0.2, 0) is 28.6 Å². The molecule has 0 N–H and O–H groups in total. The van der Waals surface area contributed by atoms with E-state index in [0.717, 1.165) is 109 Å². The predicted octanol–water partition coefficient (Wildman–Crippen LogP) is 19.0. The molecule has 6 heteroatoms. The van der Waals surface area contributed by atoms with Crippen LogP contribution in [0.4, 0.5) is 0 Å². The SMILES string of the molecule is CC/C=C\C/C=C\C/C=C\C/C=C\C/C=C\CCCC(=O)OC[C@H](COC(=O)CCCCC/C=C\C/C=C\C/C=C\C/C=C\CCCCC)OC(=O)CCC/C=C\C/C=C\C/C=C\C/C=C\CCCCC. The molecular formula is C65H100O6. The number of allylic oxidation sites excluding steroid dienone is 26. The zero-order valence-electron chi connectivity index (χ0n) is 45.2. The van der Waals surface area contributed by atoms with Gasteiger partial charge in [0.05, 0.1) is 0 Å². The lowest BCUT2D eigenvalue weighted by molar-refractivity contribution is -0.167. The van der Waals surface area contributed by atoms with Crippen LogP contribution in [0.1, 0.15) is 213 Å². The number of carbonyl (C=O) groups is 3. The number of hydrogen-bond donors (Lipinski definition) is 0. The zero-order valence-corrected chi connectivity index (χ0v) is 45.2. The van der Waals surface area contributed by atoms with Gasteiger partial charge in [-0.15, -0.1) is 0 Å². The summed E-state index contributed by atoms with van der Waals surface area (Å²) in [6, 6.07) is 0. The van der Waals surface area contributed by atoms with Crippen LogP contribution in [0.5, 0.6) is 0 Å². The molecule has 0 aliphatic rings. The van der Waals surface area contributed by atoms with Crippen molar-refractivity contribution in [1.82, 2.24) is 0 Å². The van der Waals surface area contributed by atoms with E-state index >= 15 is 0 Å². The van der Waals surface area contributed by atoms with E-state index in [1.165, 1.54) is 51.4 Å². The summed E-state index contributed by atoms with van der Waals surface area (Å²) in [5.74, 6) is -1.10. The van der Waals surface area contributed by atoms with Gasteiger partial charge in [0, 0.05) is 19.3 Å². The van der Waals surface area contributed by atoms with Gasteiger partial charge in [0.15, 0.2) is 6.10 Å². The molecule has 0 aliphatic carbocycles. The second-order valence-electron chi connectivity index (χ2n) is 17.7. The van der Waals surface area contributed by atoms with E-state index in [4.69, 9.17) is 14.2 Å². The van der Waals surface area contributed by atoms with Gasteiger partial charge in [-0.05, 0) is 141 Å². The zero-order chi connectivity index (χ0) is 51.4. The first-order valence-corrected chi connectivity index (χ1v) is 28.0. The van der Waals surface area contributed by atoms with Crippen LogP contribution in [0.3, 0.4) is 0 Å². The van der Waals surface area contributed by atoms with Gasteiger partial charge >= 0.3 is 17.9 Å². The molecule has 1 atom stereocenters. The Hall–Kier alpha value is -4.97. The lowest BCUT2D eigenvalue weighted by Crippen LogP contribution is -2.30. The Morgan fingerprint density at radius 2 is 0.563 bits per heavy atom. The van der Waals surface area contributed by atoms with Crippen LogP contribution in [0.15, 0.2) is 158 Å². The van der Waals surface area contributed by atoms with E-state index in [0.29, 0.717) is 19.3 Å². The summed E-state index contributed by atoms with van der Waals surface area (Å²) in [7, 11) is 0. The predicted molar refractivity (Wildman–Crippen MR) is 306 cm³/mol. The molecule has 0 saturated carbocycles. The van der Waals surface area contributed by atoms with Gasteiger partial charge < -0.3 is 14.2 Å². The molecule has 0 bridgehead atoms. The standard InChI is InChI=1S/C65H100O6/c1-4-7-10-13-16-19-22-25-28-31-32-35-37-40-43-46-49-52-55-58-64(67)70-61-62(71-65(68)59-56-53-50-47-44-41-38-34-30-27-24-21-18-15-12-9-6-3)60-69-63(66)57-54-51-48-45-42-39-36-33-29-26-23-20-17-14-11-8-5-2/h8,11,16-21,25-30,32,35-36,38-41,43,45,47-48,50,62H,4-7,9-10,12-15,22-24,31,33-34,37,42,44,46,49,51-61H2,1-3H3/b11-8-,19-16-,20-17-,21-18-,28-25-,29-26-,30-27-,35-32-,39-36-,41-38-,43-40-,48-45-,50-47-/t62-/m1/s1. The summed E-state index contributed by atoms with van der Waals surface area (Å²) >= 11 is 0. The van der Waals surface area contributed by atoms with Crippen molar-refractivity contribution in [1.29, 1.82) is 0 Å². The van der Waals surface area contributed by atoms with Gasteiger partial charge in [-0.1, -0.05) is 211 Å². The van der Waals surface area contributed by atoms with Crippen LogP contribution in [0.25, 0.3) is 0 Å². The molecule has 71 heavy (non-hydrogen) atoms. The first-order valence-electron chi connectivity index (χ1n) is 28.0. The normalized spacial score (nSPS) is 13.3. The average Bonchev–Trinajstić information content (AvgIpc) is 3.37. The van der Waals surface area contributed by atoms with Crippen molar-refractivity contribution in [3.8, 4) is 0 Å². The first kappa shape index (κ1) is 66.0. The van der Waals surface area contributed by atoms with E-state index in [2.05, 4.69) is 179 Å². The molecule has 0 amide bonds. The van der Waals surface area contributed by atoms with Crippen molar-refractivity contribution in [2.24, 2.45) is 0 Å². The highest BCUT2D eigenvalue weighted by Crippen LogP contribution is 2.10. The van der Waals surface area contributed by atoms with Crippen molar-refractivity contribution in [2.75, 3.05) is 13.2 Å². The maximum atomic E-state index is 12.8. The maximum Gasteiger partial charge on any atom is 0.306 e. The minimum atomic E-state index is -0.851. The lowest BCUT2D eigenvalue weighted by Gasteiger charge is -2.18. The Kier molecular flexibility index (Phi) is 53.6. The first-order chi connectivity index (χ1) is 35.0. The van der Waals surface area contributed by atoms with Gasteiger partial charge in [-0.25, -0.2) is 0 Å². The van der Waals surface area contributed by atoms with E-state index < -0.39 is 12.1 Å². The summed E-state index contributed by atoms with van der Waals surface area (Å²) in [6.45, 7) is 6.32. The van der Waals surface area contributed by atoms with Gasteiger partial charge in [-0.2, -0.15) is 0 Å². The molecular weight excluding hydrogens is 877 g/mol. The highest BCUT2D eigenvalue weighted by atomic mass is 16.6. The number of hydrogen-bond acceptors (Lipinski definition) is 6. The van der Waals surface area contributed by atoms with E-state index in [9.17, 15) is 14.4 Å². The molecule has 0 saturated heterocycles. The Balaban J connectivity index is 4.66. The molecule has 6 nitrogen and oxygen atoms in total. The van der Waals surface area contributed by atoms with E-state index in [1.807, 2.05) is 0 Å². The Morgan fingerprint density at radius 1 is 0.296 bits per heavy atom. The average molecular weight is 978 g/mol. The van der Waals surface area contributed by atoms with Gasteiger partial charge in [0.25, 0.3) is 0 Å². The molecule has 0 aliphatic heterocycles. The summed E-state index contributed by atoms with van der Waals surface area (Å²) in [5, 5.41) is 0. The van der Waals surface area contributed by atoms with Crippen LogP contribution in [0.2, 0.25) is 0 Å². The van der Waals surface area contributed by atoms with Crippen molar-refractivity contribution in [3.63, 3.8) is 0 Å². The quantitative estimate of drug-likeness (QED) is 0.0262. The van der Waals surface area contributed by atoms with Gasteiger partial charge in [0.2, 0.25) is 0 Å². The molecule has 0 fully saturated rings. The molecule has 396 valence electrons. The maximum absolute atomic E-state index is 12.8. The third kappa shape index (κ3) is 55.8. The molecule has 0 aromatic heterocycles. The minimum Gasteiger partial charge on any atom is -0.462 e. The molecule has 0 rings (SSSR count). The van der Waals surface area contributed by atoms with Gasteiger partial charge in [0.1, 0.15) is 13.2 Å². The summed E-state index contributed by atoms with van der Waals surface area (Å²) in [5.41, 5.74) is 0. The molecule has 0 aromatic rings. The van der Waals surface area contributed by atoms with Crippen LogP contribution in [-0.4, -0.2) is 37.2 Å². The third-order valence-corrected chi connectivity index (χ3v) is 11.0. The molecule has 0 heterocycles. The summed E-state index contributed by atoms with van der Waals surface area (Å²) in [6.07, 6.45) is 83.8. The summed E-state index contributed by atoms with van der Waals surface area (Å²) < 4.78 is 16.7. The smallest absolute Gasteiger partial charge is 0.306 e. The molecule has 0 spiro atoms. The largest absolute Gasteiger partial charge is 0.462 e. The molecule has 0 radical (unpaired) electrons. The Morgan fingerprint density at radius 3 is 0.887 bits per heavy atom. The Labute approximate surface area is 435 Å². The number of ether oxygens (including phenoxy) is 3. The monoisotopic (exact) mass is 977 g/mol. The highest BCUT2D eigenvalue weighted by Gasteiger charge is 2.19. The fraction of sp³-hybridized carbons (Fsp3) is 0.554. The fourth-order valence-corrected chi connectivity index (χ4v) is 6.80. The second-order valence-corrected chi connectivity index (χ2v) is 17.7. The van der Waals surface area contributed by atoms with Crippen LogP contribution >= 0.6 is 0 Å². The topological polar surface area (TPSA) is 78.9 Å². The number of unbranched alkanes of at least 4 members (excludes halogenated alkanes) is 11.